The summed E-state index contributed by atoms with van der Waals surface area (Å²) in [5, 5.41) is 0. The fourth-order valence-electron chi connectivity index (χ4n) is 2.07. The second-order valence-corrected chi connectivity index (χ2v) is 4.83. The van der Waals surface area contributed by atoms with Gasteiger partial charge in [-0.15, -0.1) is 0 Å². The summed E-state index contributed by atoms with van der Waals surface area (Å²) in [7, 11) is 2.07. The number of carbonyl (C=O) groups excluding carboxylic acids is 1. The molecule has 1 aromatic heterocycles. The Kier molecular flexibility index (Phi) is 4.33. The maximum atomic E-state index is 11.8. The van der Waals surface area contributed by atoms with Crippen LogP contribution < -0.4 is 5.73 Å². The summed E-state index contributed by atoms with van der Waals surface area (Å²) in [4.78, 5) is 20.9. The molecule has 0 saturated carbocycles. The molecule has 1 aliphatic heterocycles. The van der Waals surface area contributed by atoms with Crippen molar-refractivity contribution in [3.63, 3.8) is 0 Å². The van der Waals surface area contributed by atoms with E-state index in [2.05, 4.69) is 21.9 Å². The number of likely N-dealkylation sites (tertiary alicyclic amines) is 1. The van der Waals surface area contributed by atoms with Gasteiger partial charge in [0.15, 0.2) is 0 Å². The van der Waals surface area contributed by atoms with E-state index in [1.54, 1.807) is 12.5 Å². The Balaban J connectivity index is 1.77. The minimum absolute atomic E-state index is 0.0153. The van der Waals surface area contributed by atoms with Crippen molar-refractivity contribution >= 4 is 5.97 Å². The third-order valence-electron chi connectivity index (χ3n) is 3.25. The molecule has 2 heterocycles. The van der Waals surface area contributed by atoms with Gasteiger partial charge in [-0.05, 0) is 19.9 Å². The van der Waals surface area contributed by atoms with E-state index in [9.17, 15) is 4.79 Å². The molecule has 1 saturated heterocycles. The molecule has 0 bridgehead atoms. The molecule has 6 nitrogen and oxygen atoms in total. The summed E-state index contributed by atoms with van der Waals surface area (Å²) >= 11 is 0. The van der Waals surface area contributed by atoms with E-state index in [1.165, 1.54) is 0 Å². The monoisotopic (exact) mass is 252 g/mol. The smallest absolute Gasteiger partial charge is 0.323 e. The van der Waals surface area contributed by atoms with Crippen LogP contribution in [0.25, 0.3) is 0 Å². The van der Waals surface area contributed by atoms with Gasteiger partial charge in [0.2, 0.25) is 0 Å². The van der Waals surface area contributed by atoms with Gasteiger partial charge >= 0.3 is 5.97 Å². The Morgan fingerprint density at radius 2 is 2.39 bits per heavy atom. The maximum absolute atomic E-state index is 11.8. The van der Waals surface area contributed by atoms with Gasteiger partial charge in [0.25, 0.3) is 0 Å². The van der Waals surface area contributed by atoms with Crippen molar-refractivity contribution in [2.24, 2.45) is 5.73 Å². The SMILES string of the molecule is CN1CCC(OC(=O)[C@H](N)Cc2cnc[nH]2)CC1. The first-order chi connectivity index (χ1) is 8.65. The summed E-state index contributed by atoms with van der Waals surface area (Å²) in [6.45, 7) is 1.93. The quantitative estimate of drug-likeness (QED) is 0.732. The van der Waals surface area contributed by atoms with Crippen LogP contribution in [0, 0.1) is 0 Å². The van der Waals surface area contributed by atoms with E-state index in [1.807, 2.05) is 0 Å². The summed E-state index contributed by atoms with van der Waals surface area (Å²) in [5.41, 5.74) is 6.67. The second-order valence-electron chi connectivity index (χ2n) is 4.83. The lowest BCUT2D eigenvalue weighted by Gasteiger charge is -2.29. The van der Waals surface area contributed by atoms with Crippen LogP contribution in [0.5, 0.6) is 0 Å². The zero-order valence-electron chi connectivity index (χ0n) is 10.6. The van der Waals surface area contributed by atoms with Crippen molar-refractivity contribution in [2.45, 2.75) is 31.4 Å². The van der Waals surface area contributed by atoms with Gasteiger partial charge in [-0.25, -0.2) is 4.98 Å². The number of hydrogen-bond donors (Lipinski definition) is 2. The van der Waals surface area contributed by atoms with Gasteiger partial charge in [0.1, 0.15) is 12.1 Å². The van der Waals surface area contributed by atoms with Gasteiger partial charge in [-0.3, -0.25) is 4.79 Å². The van der Waals surface area contributed by atoms with Crippen LogP contribution in [0.15, 0.2) is 12.5 Å². The minimum atomic E-state index is -0.620. The molecule has 0 radical (unpaired) electrons. The molecule has 1 aliphatic rings. The number of ether oxygens (including phenoxy) is 1. The standard InChI is InChI=1S/C12H20N4O2/c1-16-4-2-10(3-5-16)18-12(17)11(13)6-9-7-14-8-15-9/h7-8,10-11H,2-6,13H2,1H3,(H,14,15)/t11-/m1/s1. The van der Waals surface area contributed by atoms with Gasteiger partial charge in [-0.2, -0.15) is 0 Å². The Bertz CT molecular complexity index is 371. The van der Waals surface area contributed by atoms with Crippen LogP contribution in [0.3, 0.4) is 0 Å². The van der Waals surface area contributed by atoms with Crippen molar-refractivity contribution in [2.75, 3.05) is 20.1 Å². The maximum Gasteiger partial charge on any atom is 0.323 e. The van der Waals surface area contributed by atoms with Gasteiger partial charge in [-0.1, -0.05) is 0 Å². The first kappa shape index (κ1) is 13.0. The molecule has 0 aliphatic carbocycles. The van der Waals surface area contributed by atoms with Crippen LogP contribution in [0.2, 0.25) is 0 Å². The highest BCUT2D eigenvalue weighted by atomic mass is 16.5. The van der Waals surface area contributed by atoms with E-state index in [-0.39, 0.29) is 12.1 Å². The number of imidazole rings is 1. The number of nitrogens with one attached hydrogen (secondary N) is 1. The number of carbonyl (C=O) groups is 1. The zero-order chi connectivity index (χ0) is 13.0. The average Bonchev–Trinajstić information content (AvgIpc) is 2.85. The van der Waals surface area contributed by atoms with E-state index in [0.29, 0.717) is 6.42 Å². The van der Waals surface area contributed by atoms with E-state index < -0.39 is 6.04 Å². The molecule has 0 amide bonds. The molecule has 1 fully saturated rings. The van der Waals surface area contributed by atoms with Gasteiger partial charge < -0.3 is 20.4 Å². The summed E-state index contributed by atoms with van der Waals surface area (Å²) in [5.74, 6) is -0.320. The third-order valence-corrected chi connectivity index (χ3v) is 3.25. The van der Waals surface area contributed by atoms with Crippen LogP contribution >= 0.6 is 0 Å². The van der Waals surface area contributed by atoms with Crippen molar-refractivity contribution in [3.05, 3.63) is 18.2 Å². The molecule has 0 spiro atoms. The lowest BCUT2D eigenvalue weighted by atomic mass is 10.1. The van der Waals surface area contributed by atoms with Crippen LogP contribution in [-0.2, 0) is 16.0 Å². The number of aromatic nitrogens is 2. The molecule has 100 valence electrons. The number of esters is 1. The normalized spacial score (nSPS) is 19.7. The van der Waals surface area contributed by atoms with Crippen molar-refractivity contribution < 1.29 is 9.53 Å². The minimum Gasteiger partial charge on any atom is -0.461 e. The van der Waals surface area contributed by atoms with E-state index in [4.69, 9.17) is 10.5 Å². The lowest BCUT2D eigenvalue weighted by molar-refractivity contribution is -0.152. The van der Waals surface area contributed by atoms with Crippen LogP contribution in [0.1, 0.15) is 18.5 Å². The molecule has 0 aromatic carbocycles. The highest BCUT2D eigenvalue weighted by Gasteiger charge is 2.23. The second kappa shape index (κ2) is 5.97. The zero-order valence-corrected chi connectivity index (χ0v) is 10.6. The average molecular weight is 252 g/mol. The molecule has 1 atom stereocenters. The van der Waals surface area contributed by atoms with E-state index in [0.717, 1.165) is 31.6 Å². The fourth-order valence-corrected chi connectivity index (χ4v) is 2.07. The molecule has 0 unspecified atom stereocenters. The molecule has 6 heteroatoms. The topological polar surface area (TPSA) is 84.2 Å². The molecule has 1 aromatic rings. The Morgan fingerprint density at radius 3 is 3.00 bits per heavy atom. The largest absolute Gasteiger partial charge is 0.461 e. The van der Waals surface area contributed by atoms with Gasteiger partial charge in [0.05, 0.1) is 6.33 Å². The number of piperidine rings is 1. The molecule has 3 N–H and O–H groups in total. The lowest BCUT2D eigenvalue weighted by Crippen LogP contribution is -2.40. The summed E-state index contributed by atoms with van der Waals surface area (Å²) in [6, 6.07) is -0.620. The van der Waals surface area contributed by atoms with Crippen LogP contribution in [-0.4, -0.2) is 53.1 Å². The predicted molar refractivity (Wildman–Crippen MR) is 66.9 cm³/mol. The van der Waals surface area contributed by atoms with Crippen LogP contribution in [0.4, 0.5) is 0 Å². The number of aromatic amines is 1. The molecular weight excluding hydrogens is 232 g/mol. The number of rotatable bonds is 4. The predicted octanol–water partition coefficient (Wildman–Crippen LogP) is -0.0831. The number of H-pyrrole nitrogens is 1. The fraction of sp³-hybridized carbons (Fsp3) is 0.667. The molecular formula is C12H20N4O2. The number of nitrogens with two attached hydrogens (primary N) is 1. The Hall–Kier alpha value is -1.40. The van der Waals surface area contributed by atoms with E-state index >= 15 is 0 Å². The highest BCUT2D eigenvalue weighted by molar-refractivity contribution is 5.76. The number of hydrogen-bond acceptors (Lipinski definition) is 5. The van der Waals surface area contributed by atoms with Crippen molar-refractivity contribution in [1.82, 2.24) is 14.9 Å². The third kappa shape index (κ3) is 3.54. The first-order valence-corrected chi connectivity index (χ1v) is 6.27. The van der Waals surface area contributed by atoms with Crippen molar-refractivity contribution in [1.29, 1.82) is 0 Å². The summed E-state index contributed by atoms with van der Waals surface area (Å²) < 4.78 is 5.43. The summed E-state index contributed by atoms with van der Waals surface area (Å²) in [6.07, 6.45) is 5.47. The molecule has 18 heavy (non-hydrogen) atoms. The Labute approximate surface area is 107 Å². The first-order valence-electron chi connectivity index (χ1n) is 6.27. The number of nitrogens with zero attached hydrogens (tertiary/aromatic N) is 2. The van der Waals surface area contributed by atoms with Crippen molar-refractivity contribution in [3.8, 4) is 0 Å². The molecule has 2 rings (SSSR count). The highest BCUT2D eigenvalue weighted by Crippen LogP contribution is 2.13. The van der Waals surface area contributed by atoms with Gasteiger partial charge in [0, 0.05) is 31.4 Å². The Morgan fingerprint density at radius 1 is 1.67 bits per heavy atom.